The number of rotatable bonds is 2. The van der Waals surface area contributed by atoms with Gasteiger partial charge in [0.15, 0.2) is 0 Å². The molecule has 0 radical (unpaired) electrons. The van der Waals surface area contributed by atoms with E-state index in [2.05, 4.69) is 31.9 Å². The summed E-state index contributed by atoms with van der Waals surface area (Å²) >= 11 is 6.90. The first-order valence-electron chi connectivity index (χ1n) is 4.93. The standard InChI is InChI=1S/C11H11Br2NO2/c1-16-11(15)10-4-5-14(10)9-3-2-7(12)6-8(9)13/h2-3,6,10H,4-5H2,1H3. The number of hydrogen-bond donors (Lipinski definition) is 0. The van der Waals surface area contributed by atoms with Crippen LogP contribution in [0, 0.1) is 0 Å². The molecule has 3 nitrogen and oxygen atoms in total. The van der Waals surface area contributed by atoms with Gasteiger partial charge in [-0.2, -0.15) is 0 Å². The number of esters is 1. The molecule has 0 saturated carbocycles. The van der Waals surface area contributed by atoms with Crippen LogP contribution in [0.25, 0.3) is 0 Å². The van der Waals surface area contributed by atoms with Crippen molar-refractivity contribution in [1.29, 1.82) is 0 Å². The number of hydrogen-bond acceptors (Lipinski definition) is 3. The number of benzene rings is 1. The molecule has 0 N–H and O–H groups in total. The molecule has 2 rings (SSSR count). The van der Waals surface area contributed by atoms with E-state index in [4.69, 9.17) is 4.74 Å². The largest absolute Gasteiger partial charge is 0.467 e. The zero-order valence-corrected chi connectivity index (χ0v) is 11.9. The van der Waals surface area contributed by atoms with Crippen molar-refractivity contribution >= 4 is 43.5 Å². The minimum absolute atomic E-state index is 0.137. The molecule has 1 aromatic rings. The SMILES string of the molecule is COC(=O)C1CCN1c1ccc(Br)cc1Br. The van der Waals surface area contributed by atoms with Crippen molar-refractivity contribution in [1.82, 2.24) is 0 Å². The van der Waals surface area contributed by atoms with Crippen LogP contribution in [0.3, 0.4) is 0 Å². The average Bonchev–Trinajstić information content (AvgIpc) is 2.20. The number of nitrogens with zero attached hydrogens (tertiary/aromatic N) is 1. The summed E-state index contributed by atoms with van der Waals surface area (Å²) in [4.78, 5) is 13.5. The van der Waals surface area contributed by atoms with Gasteiger partial charge in [-0.25, -0.2) is 4.79 Å². The molecule has 1 aromatic carbocycles. The quantitative estimate of drug-likeness (QED) is 0.769. The van der Waals surface area contributed by atoms with Crippen molar-refractivity contribution in [3.8, 4) is 0 Å². The molecule has 1 aliphatic rings. The molecule has 0 aliphatic carbocycles. The van der Waals surface area contributed by atoms with Gasteiger partial charge in [-0.3, -0.25) is 0 Å². The summed E-state index contributed by atoms with van der Waals surface area (Å²) < 4.78 is 6.76. The normalized spacial score (nSPS) is 19.2. The van der Waals surface area contributed by atoms with Crippen LogP contribution in [0.15, 0.2) is 27.1 Å². The maximum absolute atomic E-state index is 11.5. The summed E-state index contributed by atoms with van der Waals surface area (Å²) in [6.07, 6.45) is 0.856. The number of ether oxygens (including phenoxy) is 1. The fourth-order valence-corrected chi connectivity index (χ4v) is 3.05. The summed E-state index contributed by atoms with van der Waals surface area (Å²) in [7, 11) is 1.43. The Morgan fingerprint density at radius 3 is 2.75 bits per heavy atom. The maximum atomic E-state index is 11.5. The van der Waals surface area contributed by atoms with E-state index in [1.807, 2.05) is 23.1 Å². The van der Waals surface area contributed by atoms with Gasteiger partial charge in [0.2, 0.25) is 0 Å². The molecule has 0 spiro atoms. The van der Waals surface area contributed by atoms with Gasteiger partial charge >= 0.3 is 5.97 Å². The lowest BCUT2D eigenvalue weighted by Gasteiger charge is -2.41. The van der Waals surface area contributed by atoms with E-state index in [0.717, 1.165) is 27.6 Å². The van der Waals surface area contributed by atoms with Crippen LogP contribution in [0.1, 0.15) is 6.42 Å². The second-order valence-corrected chi connectivity index (χ2v) is 5.39. The minimum Gasteiger partial charge on any atom is -0.467 e. The van der Waals surface area contributed by atoms with Crippen LogP contribution in [-0.4, -0.2) is 25.7 Å². The Morgan fingerprint density at radius 2 is 2.25 bits per heavy atom. The van der Waals surface area contributed by atoms with Crippen LogP contribution in [-0.2, 0) is 9.53 Å². The zero-order chi connectivity index (χ0) is 11.7. The Labute approximate surface area is 111 Å². The van der Waals surface area contributed by atoms with E-state index in [9.17, 15) is 4.79 Å². The summed E-state index contributed by atoms with van der Waals surface area (Å²) in [5.74, 6) is -0.166. The Balaban J connectivity index is 2.22. The predicted molar refractivity (Wildman–Crippen MR) is 69.6 cm³/mol. The topological polar surface area (TPSA) is 29.5 Å². The Hall–Kier alpha value is -0.550. The van der Waals surface area contributed by atoms with E-state index in [1.54, 1.807) is 0 Å². The Kier molecular flexibility index (Phi) is 3.54. The molecule has 1 unspecified atom stereocenters. The molecule has 1 heterocycles. The Bertz CT molecular complexity index is 422. The molecule has 1 aliphatic heterocycles. The smallest absolute Gasteiger partial charge is 0.328 e. The van der Waals surface area contributed by atoms with Gasteiger partial charge in [0.25, 0.3) is 0 Å². The molecule has 5 heteroatoms. The molecular formula is C11H11Br2NO2. The van der Waals surface area contributed by atoms with Crippen molar-refractivity contribution in [2.45, 2.75) is 12.5 Å². The third kappa shape index (κ3) is 2.11. The monoisotopic (exact) mass is 347 g/mol. The third-order valence-corrected chi connectivity index (χ3v) is 3.84. The van der Waals surface area contributed by atoms with Crippen molar-refractivity contribution < 1.29 is 9.53 Å². The first kappa shape index (κ1) is 11.9. The second kappa shape index (κ2) is 4.75. The lowest BCUT2D eigenvalue weighted by Crippen LogP contribution is -2.53. The van der Waals surface area contributed by atoms with E-state index in [-0.39, 0.29) is 12.0 Å². The molecule has 16 heavy (non-hydrogen) atoms. The van der Waals surface area contributed by atoms with Crippen molar-refractivity contribution in [2.24, 2.45) is 0 Å². The summed E-state index contributed by atoms with van der Waals surface area (Å²) in [6, 6.07) is 5.79. The number of carbonyl (C=O) groups excluding carboxylic acids is 1. The molecule has 86 valence electrons. The Morgan fingerprint density at radius 1 is 1.50 bits per heavy atom. The molecule has 1 saturated heterocycles. The zero-order valence-electron chi connectivity index (χ0n) is 8.74. The van der Waals surface area contributed by atoms with Crippen LogP contribution in [0.4, 0.5) is 5.69 Å². The van der Waals surface area contributed by atoms with Crippen molar-refractivity contribution in [3.63, 3.8) is 0 Å². The lowest BCUT2D eigenvalue weighted by molar-refractivity contribution is -0.143. The summed E-state index contributed by atoms with van der Waals surface area (Å²) in [5.41, 5.74) is 1.03. The number of halogens is 2. The number of methoxy groups -OCH3 is 1. The van der Waals surface area contributed by atoms with Crippen LogP contribution < -0.4 is 4.90 Å². The van der Waals surface area contributed by atoms with Gasteiger partial charge in [-0.05, 0) is 40.5 Å². The number of anilines is 1. The highest BCUT2D eigenvalue weighted by atomic mass is 79.9. The molecule has 0 amide bonds. The summed E-state index contributed by atoms with van der Waals surface area (Å²) in [5, 5.41) is 0. The minimum atomic E-state index is -0.166. The fourth-order valence-electron chi connectivity index (χ4n) is 1.77. The molecule has 1 atom stereocenters. The predicted octanol–water partition coefficient (Wildman–Crippen LogP) is 2.96. The highest BCUT2D eigenvalue weighted by Crippen LogP contribution is 2.35. The van der Waals surface area contributed by atoms with Crippen molar-refractivity contribution in [3.05, 3.63) is 27.1 Å². The molecule has 0 aromatic heterocycles. The van der Waals surface area contributed by atoms with Crippen LogP contribution >= 0.6 is 31.9 Å². The van der Waals surface area contributed by atoms with E-state index >= 15 is 0 Å². The average molecular weight is 349 g/mol. The van der Waals surface area contributed by atoms with Gasteiger partial charge in [-0.15, -0.1) is 0 Å². The fraction of sp³-hybridized carbons (Fsp3) is 0.364. The second-order valence-electron chi connectivity index (χ2n) is 3.62. The highest BCUT2D eigenvalue weighted by Gasteiger charge is 2.35. The summed E-state index contributed by atoms with van der Waals surface area (Å²) in [6.45, 7) is 0.889. The van der Waals surface area contributed by atoms with Gasteiger partial charge in [-0.1, -0.05) is 15.9 Å². The molecule has 0 bridgehead atoms. The molecule has 1 fully saturated rings. The van der Waals surface area contributed by atoms with E-state index in [0.29, 0.717) is 0 Å². The number of carbonyl (C=O) groups is 1. The van der Waals surface area contributed by atoms with Crippen LogP contribution in [0.5, 0.6) is 0 Å². The van der Waals surface area contributed by atoms with Gasteiger partial charge in [0, 0.05) is 15.5 Å². The maximum Gasteiger partial charge on any atom is 0.328 e. The molecular weight excluding hydrogens is 338 g/mol. The van der Waals surface area contributed by atoms with Crippen LogP contribution in [0.2, 0.25) is 0 Å². The van der Waals surface area contributed by atoms with E-state index in [1.165, 1.54) is 7.11 Å². The van der Waals surface area contributed by atoms with Gasteiger partial charge in [0.05, 0.1) is 12.8 Å². The first-order valence-corrected chi connectivity index (χ1v) is 6.51. The van der Waals surface area contributed by atoms with Gasteiger partial charge in [0.1, 0.15) is 6.04 Å². The van der Waals surface area contributed by atoms with Crippen molar-refractivity contribution in [2.75, 3.05) is 18.6 Å². The third-order valence-electron chi connectivity index (χ3n) is 2.71. The van der Waals surface area contributed by atoms with E-state index < -0.39 is 0 Å². The highest BCUT2D eigenvalue weighted by molar-refractivity contribution is 9.11. The van der Waals surface area contributed by atoms with Gasteiger partial charge < -0.3 is 9.64 Å². The first-order chi connectivity index (χ1) is 7.63. The lowest BCUT2D eigenvalue weighted by atomic mass is 10.0.